The normalized spacial score (nSPS) is 12.6. The fourth-order valence-electron chi connectivity index (χ4n) is 4.32. The van der Waals surface area contributed by atoms with Crippen LogP contribution in [0.25, 0.3) is 16.6 Å². The predicted octanol–water partition coefficient (Wildman–Crippen LogP) is 4.16. The van der Waals surface area contributed by atoms with E-state index in [2.05, 4.69) is 9.97 Å². The van der Waals surface area contributed by atoms with Crippen LogP contribution in [0.2, 0.25) is 0 Å². The number of H-pyrrole nitrogens is 1. The molecule has 0 spiro atoms. The minimum absolute atomic E-state index is 0.140. The Morgan fingerprint density at radius 2 is 1.87 bits per heavy atom. The lowest BCUT2D eigenvalue weighted by atomic mass is 10.0. The van der Waals surface area contributed by atoms with Gasteiger partial charge in [-0.1, -0.05) is 0 Å². The van der Waals surface area contributed by atoms with Crippen molar-refractivity contribution in [2.75, 3.05) is 37.7 Å². The van der Waals surface area contributed by atoms with Gasteiger partial charge in [-0.05, 0) is 68.7 Å². The van der Waals surface area contributed by atoms with E-state index < -0.39 is 15.8 Å². The number of anilines is 1. The standard InChI is InChI=1S/C27H27FN6O3S/c1-32(2)14-15-34(38(3,36)37)21-8-6-20(7-9-21)30-26(18-4-11-24-29-12-13-33(24)17-18)25-22-10-5-19(28)16-23(22)31-27(25)35/h4-13,16-17,31,35H,14-15H2,1-3H3. The topological polar surface area (TPSA) is 106 Å². The molecule has 5 aromatic rings. The minimum Gasteiger partial charge on any atom is -0.494 e. The first-order chi connectivity index (χ1) is 18.1. The van der Waals surface area contributed by atoms with Gasteiger partial charge in [0.25, 0.3) is 0 Å². The van der Waals surface area contributed by atoms with E-state index in [1.54, 1.807) is 36.5 Å². The van der Waals surface area contributed by atoms with E-state index in [9.17, 15) is 17.9 Å². The lowest BCUT2D eigenvalue weighted by Gasteiger charge is -2.24. The summed E-state index contributed by atoms with van der Waals surface area (Å²) < 4.78 is 41.9. The Morgan fingerprint density at radius 3 is 2.58 bits per heavy atom. The van der Waals surface area contributed by atoms with Gasteiger partial charge in [-0.3, -0.25) is 4.31 Å². The predicted molar refractivity (Wildman–Crippen MR) is 148 cm³/mol. The van der Waals surface area contributed by atoms with Gasteiger partial charge in [-0.15, -0.1) is 0 Å². The number of imidazole rings is 1. The van der Waals surface area contributed by atoms with Crippen LogP contribution in [0.1, 0.15) is 11.1 Å². The molecule has 0 amide bonds. The summed E-state index contributed by atoms with van der Waals surface area (Å²) in [5.74, 6) is -0.567. The molecular formula is C27H27FN6O3S. The number of aromatic nitrogens is 3. The van der Waals surface area contributed by atoms with Crippen molar-refractivity contribution in [2.24, 2.45) is 4.99 Å². The first-order valence-corrected chi connectivity index (χ1v) is 13.7. The van der Waals surface area contributed by atoms with Crippen molar-refractivity contribution in [3.8, 4) is 5.88 Å². The van der Waals surface area contributed by atoms with E-state index in [4.69, 9.17) is 4.99 Å². The highest BCUT2D eigenvalue weighted by atomic mass is 32.2. The van der Waals surface area contributed by atoms with Crippen LogP contribution in [0.3, 0.4) is 0 Å². The second-order valence-electron chi connectivity index (χ2n) is 9.26. The van der Waals surface area contributed by atoms with Crippen LogP contribution in [-0.2, 0) is 10.0 Å². The van der Waals surface area contributed by atoms with Gasteiger partial charge in [0.1, 0.15) is 11.5 Å². The lowest BCUT2D eigenvalue weighted by molar-refractivity contribution is 0.419. The summed E-state index contributed by atoms with van der Waals surface area (Å²) in [4.78, 5) is 13.9. The average Bonchev–Trinajstić information content (AvgIpc) is 3.45. The van der Waals surface area contributed by atoms with Crippen LogP contribution in [0.4, 0.5) is 15.8 Å². The SMILES string of the molecule is CN(C)CCN(c1ccc(N=C(c2ccc3nccn3c2)c2c(O)[nH]c3cc(F)ccc23)cc1)S(C)(=O)=O. The number of fused-ring (bicyclic) bond motifs is 2. The number of hydrogen-bond acceptors (Lipinski definition) is 6. The third-order valence-electron chi connectivity index (χ3n) is 6.17. The fraction of sp³-hybridized carbons (Fsp3) is 0.185. The maximum absolute atomic E-state index is 13.9. The summed E-state index contributed by atoms with van der Waals surface area (Å²) in [6.07, 6.45) is 6.53. The summed E-state index contributed by atoms with van der Waals surface area (Å²) in [5.41, 5.74) is 3.84. The molecule has 3 aromatic heterocycles. The molecule has 0 unspecified atom stereocenters. The van der Waals surface area contributed by atoms with Crippen molar-refractivity contribution in [1.82, 2.24) is 19.3 Å². The highest BCUT2D eigenvalue weighted by Crippen LogP contribution is 2.32. The van der Waals surface area contributed by atoms with Crippen LogP contribution >= 0.6 is 0 Å². The minimum atomic E-state index is -3.48. The highest BCUT2D eigenvalue weighted by molar-refractivity contribution is 7.92. The quantitative estimate of drug-likeness (QED) is 0.291. The molecule has 11 heteroatoms. The van der Waals surface area contributed by atoms with Crippen LogP contribution in [0.15, 0.2) is 78.2 Å². The molecule has 5 rings (SSSR count). The molecule has 0 aliphatic heterocycles. The summed E-state index contributed by atoms with van der Waals surface area (Å²) in [6.45, 7) is 0.874. The number of sulfonamides is 1. The summed E-state index contributed by atoms with van der Waals surface area (Å²) >= 11 is 0. The van der Waals surface area contributed by atoms with Gasteiger partial charge in [0.05, 0.1) is 34.4 Å². The number of pyridine rings is 1. The molecule has 0 fully saturated rings. The third-order valence-corrected chi connectivity index (χ3v) is 7.36. The molecule has 0 aliphatic rings. The molecule has 0 atom stereocenters. The number of aliphatic imine (C=N–C) groups is 1. The zero-order valence-corrected chi connectivity index (χ0v) is 21.9. The number of halogens is 1. The number of hydrogen-bond donors (Lipinski definition) is 2. The van der Waals surface area contributed by atoms with E-state index in [-0.39, 0.29) is 5.88 Å². The molecule has 0 bridgehead atoms. The number of nitrogens with one attached hydrogen (secondary N) is 1. The van der Waals surface area contributed by atoms with Gasteiger partial charge in [0.15, 0.2) is 5.88 Å². The monoisotopic (exact) mass is 534 g/mol. The number of aromatic amines is 1. The summed E-state index contributed by atoms with van der Waals surface area (Å²) in [6, 6.07) is 14.8. The second kappa shape index (κ2) is 9.92. The average molecular weight is 535 g/mol. The Morgan fingerprint density at radius 1 is 1.11 bits per heavy atom. The lowest BCUT2D eigenvalue weighted by Crippen LogP contribution is -2.35. The van der Waals surface area contributed by atoms with Crippen LogP contribution in [0.5, 0.6) is 5.88 Å². The number of nitrogens with zero attached hydrogens (tertiary/aromatic N) is 5. The molecule has 196 valence electrons. The number of aromatic hydroxyl groups is 1. The van der Waals surface area contributed by atoms with Gasteiger partial charge >= 0.3 is 0 Å². The molecule has 9 nitrogen and oxygen atoms in total. The van der Waals surface area contributed by atoms with Crippen molar-refractivity contribution in [3.63, 3.8) is 0 Å². The Bertz CT molecular complexity index is 1760. The van der Waals surface area contributed by atoms with Crippen molar-refractivity contribution in [2.45, 2.75) is 0 Å². The van der Waals surface area contributed by atoms with Gasteiger partial charge < -0.3 is 19.4 Å². The van der Waals surface area contributed by atoms with Crippen LogP contribution in [-0.4, -0.2) is 71.9 Å². The van der Waals surface area contributed by atoms with Crippen molar-refractivity contribution in [3.05, 3.63) is 90.1 Å². The van der Waals surface area contributed by atoms with Crippen LogP contribution in [0, 0.1) is 5.82 Å². The van der Waals surface area contributed by atoms with Gasteiger partial charge in [-0.25, -0.2) is 22.8 Å². The van der Waals surface area contributed by atoms with E-state index in [0.29, 0.717) is 52.2 Å². The highest BCUT2D eigenvalue weighted by Gasteiger charge is 2.21. The molecule has 0 saturated carbocycles. The third kappa shape index (κ3) is 5.11. The molecule has 3 heterocycles. The Hall–Kier alpha value is -4.22. The first kappa shape index (κ1) is 25.4. The number of likely N-dealkylation sites (N-methyl/N-ethyl adjacent to an activating group) is 1. The second-order valence-corrected chi connectivity index (χ2v) is 11.2. The van der Waals surface area contributed by atoms with E-state index in [0.717, 1.165) is 5.65 Å². The molecule has 2 N–H and O–H groups in total. The molecule has 0 saturated heterocycles. The fourth-order valence-corrected chi connectivity index (χ4v) is 5.24. The zero-order chi connectivity index (χ0) is 27.0. The smallest absolute Gasteiger partial charge is 0.232 e. The maximum Gasteiger partial charge on any atom is 0.232 e. The van der Waals surface area contributed by atoms with Gasteiger partial charge in [0, 0.05) is 42.6 Å². The Kier molecular flexibility index (Phi) is 6.64. The summed E-state index contributed by atoms with van der Waals surface area (Å²) in [7, 11) is 0.286. The Labute approximate surface area is 219 Å². The van der Waals surface area contributed by atoms with Gasteiger partial charge in [-0.2, -0.15) is 0 Å². The maximum atomic E-state index is 13.9. The summed E-state index contributed by atoms with van der Waals surface area (Å²) in [5, 5.41) is 11.5. The van der Waals surface area contributed by atoms with Crippen LogP contribution < -0.4 is 4.31 Å². The van der Waals surface area contributed by atoms with E-state index >= 15 is 0 Å². The largest absolute Gasteiger partial charge is 0.494 e. The van der Waals surface area contributed by atoms with Gasteiger partial charge in [0.2, 0.25) is 10.0 Å². The van der Waals surface area contributed by atoms with E-state index in [1.165, 1.54) is 22.7 Å². The molecular weight excluding hydrogens is 507 g/mol. The molecule has 2 aromatic carbocycles. The van der Waals surface area contributed by atoms with E-state index in [1.807, 2.05) is 47.9 Å². The first-order valence-electron chi connectivity index (χ1n) is 11.8. The van der Waals surface area contributed by atoms with Crippen molar-refractivity contribution < 1.29 is 17.9 Å². The number of benzene rings is 2. The van der Waals surface area contributed by atoms with Crippen molar-refractivity contribution in [1.29, 1.82) is 0 Å². The Balaban J connectivity index is 1.62. The molecule has 0 radical (unpaired) electrons. The zero-order valence-electron chi connectivity index (χ0n) is 21.1. The molecule has 38 heavy (non-hydrogen) atoms. The number of rotatable bonds is 8. The molecule has 0 aliphatic carbocycles. The van der Waals surface area contributed by atoms with Crippen molar-refractivity contribution >= 4 is 43.7 Å².